The third-order valence-corrected chi connectivity index (χ3v) is 4.84. The average Bonchev–Trinajstić information content (AvgIpc) is 3.28. The van der Waals surface area contributed by atoms with E-state index in [4.69, 9.17) is 19.2 Å². The van der Waals surface area contributed by atoms with Crippen LogP contribution in [0.1, 0.15) is 39.0 Å². The summed E-state index contributed by atoms with van der Waals surface area (Å²) in [7, 11) is 0. The average molecular weight is 325 g/mol. The second kappa shape index (κ2) is 8.85. The highest BCUT2D eigenvalue weighted by Gasteiger charge is 2.32. The fourth-order valence-corrected chi connectivity index (χ4v) is 3.60. The molecule has 6 heteroatoms. The highest BCUT2D eigenvalue weighted by molar-refractivity contribution is 5.80. The summed E-state index contributed by atoms with van der Waals surface area (Å²) in [6, 6.07) is 0. The maximum Gasteiger partial charge on any atom is 0.194 e. The summed E-state index contributed by atoms with van der Waals surface area (Å²) in [6.07, 6.45) is 6.51. The van der Waals surface area contributed by atoms with Crippen LogP contribution >= 0.6 is 0 Å². The predicted octanol–water partition coefficient (Wildman–Crippen LogP) is 1.40. The zero-order chi connectivity index (χ0) is 15.9. The summed E-state index contributed by atoms with van der Waals surface area (Å²) in [5.41, 5.74) is 0. The number of hydrogen-bond acceptors (Lipinski definition) is 4. The minimum absolute atomic E-state index is 0.174. The fraction of sp³-hybridized carbons (Fsp3) is 0.941. The van der Waals surface area contributed by atoms with Crippen LogP contribution in [0.15, 0.2) is 4.99 Å². The Labute approximate surface area is 139 Å². The van der Waals surface area contributed by atoms with Crippen LogP contribution in [0.3, 0.4) is 0 Å². The summed E-state index contributed by atoms with van der Waals surface area (Å²) in [5, 5.41) is 3.43. The second-order valence-corrected chi connectivity index (χ2v) is 6.57. The van der Waals surface area contributed by atoms with Crippen molar-refractivity contribution >= 4 is 5.96 Å². The zero-order valence-electron chi connectivity index (χ0n) is 14.3. The van der Waals surface area contributed by atoms with Crippen molar-refractivity contribution in [2.45, 2.75) is 57.3 Å². The van der Waals surface area contributed by atoms with Gasteiger partial charge in [0, 0.05) is 39.4 Å². The van der Waals surface area contributed by atoms with Gasteiger partial charge >= 0.3 is 0 Å². The van der Waals surface area contributed by atoms with E-state index in [1.54, 1.807) is 0 Å². The Kier molecular flexibility index (Phi) is 6.54. The van der Waals surface area contributed by atoms with Crippen molar-refractivity contribution in [1.82, 2.24) is 10.2 Å². The van der Waals surface area contributed by atoms with Crippen LogP contribution in [0.4, 0.5) is 0 Å². The van der Waals surface area contributed by atoms with Gasteiger partial charge in [0.05, 0.1) is 18.8 Å². The van der Waals surface area contributed by atoms with Crippen LogP contribution in [0.5, 0.6) is 0 Å². The molecule has 3 rings (SSSR count). The summed E-state index contributed by atoms with van der Waals surface area (Å²) >= 11 is 0. The van der Waals surface area contributed by atoms with Crippen LogP contribution in [-0.4, -0.2) is 75.2 Å². The van der Waals surface area contributed by atoms with E-state index in [1.165, 1.54) is 12.8 Å². The minimum atomic E-state index is 0.174. The molecule has 132 valence electrons. The van der Waals surface area contributed by atoms with Gasteiger partial charge in [-0.1, -0.05) is 0 Å². The molecule has 0 aromatic heterocycles. The molecule has 3 fully saturated rings. The van der Waals surface area contributed by atoms with Gasteiger partial charge in [-0.15, -0.1) is 0 Å². The van der Waals surface area contributed by atoms with E-state index >= 15 is 0 Å². The number of rotatable bonds is 5. The van der Waals surface area contributed by atoms with E-state index in [1.807, 2.05) is 0 Å². The fourth-order valence-electron chi connectivity index (χ4n) is 3.60. The highest BCUT2D eigenvalue weighted by Crippen LogP contribution is 2.21. The van der Waals surface area contributed by atoms with Crippen molar-refractivity contribution in [2.75, 3.05) is 46.0 Å². The molecule has 0 bridgehead atoms. The lowest BCUT2D eigenvalue weighted by Gasteiger charge is -2.37. The number of morpholine rings is 1. The molecule has 0 radical (unpaired) electrons. The van der Waals surface area contributed by atoms with Crippen LogP contribution in [0, 0.1) is 0 Å². The lowest BCUT2D eigenvalue weighted by Crippen LogP contribution is -2.53. The number of ether oxygens (including phenoxy) is 3. The lowest BCUT2D eigenvalue weighted by molar-refractivity contribution is -0.0817. The monoisotopic (exact) mass is 325 g/mol. The van der Waals surface area contributed by atoms with Gasteiger partial charge in [-0.3, -0.25) is 4.99 Å². The lowest BCUT2D eigenvalue weighted by atomic mass is 10.1. The van der Waals surface area contributed by atoms with Crippen LogP contribution in [0.2, 0.25) is 0 Å². The van der Waals surface area contributed by atoms with E-state index in [-0.39, 0.29) is 12.2 Å². The zero-order valence-corrected chi connectivity index (χ0v) is 14.3. The van der Waals surface area contributed by atoms with Crippen molar-refractivity contribution in [2.24, 2.45) is 4.99 Å². The van der Waals surface area contributed by atoms with Crippen LogP contribution < -0.4 is 5.32 Å². The molecule has 1 N–H and O–H groups in total. The van der Waals surface area contributed by atoms with Gasteiger partial charge in [0.25, 0.3) is 0 Å². The predicted molar refractivity (Wildman–Crippen MR) is 89.9 cm³/mol. The SMILES string of the molecule is CCNC(=NCCC1CCCO1)N1CCOC(C2CCCO2)C1. The largest absolute Gasteiger partial charge is 0.378 e. The number of aliphatic imine (C=N–C) groups is 1. The Morgan fingerprint density at radius 3 is 2.65 bits per heavy atom. The smallest absolute Gasteiger partial charge is 0.194 e. The van der Waals surface area contributed by atoms with E-state index in [0.29, 0.717) is 6.10 Å². The molecule has 3 aliphatic heterocycles. The van der Waals surface area contributed by atoms with Crippen molar-refractivity contribution in [3.63, 3.8) is 0 Å². The van der Waals surface area contributed by atoms with E-state index in [9.17, 15) is 0 Å². The quantitative estimate of drug-likeness (QED) is 0.612. The van der Waals surface area contributed by atoms with Crippen LogP contribution in [0.25, 0.3) is 0 Å². The van der Waals surface area contributed by atoms with E-state index in [2.05, 4.69) is 17.1 Å². The van der Waals surface area contributed by atoms with Gasteiger partial charge in [-0.25, -0.2) is 0 Å². The number of guanidine groups is 1. The molecule has 3 aliphatic rings. The second-order valence-electron chi connectivity index (χ2n) is 6.57. The maximum atomic E-state index is 5.94. The van der Waals surface area contributed by atoms with E-state index in [0.717, 1.165) is 71.2 Å². The molecule has 3 saturated heterocycles. The van der Waals surface area contributed by atoms with Crippen molar-refractivity contribution in [3.05, 3.63) is 0 Å². The summed E-state index contributed by atoms with van der Waals surface area (Å²) in [6.45, 7) is 8.15. The molecule has 3 unspecified atom stereocenters. The standard InChI is InChI=1S/C17H31N3O3/c1-2-18-17(19-8-7-14-5-3-10-21-14)20-9-12-23-16(13-20)15-6-4-11-22-15/h14-16H,2-13H2,1H3,(H,18,19). The third-order valence-electron chi connectivity index (χ3n) is 4.84. The Morgan fingerprint density at radius 1 is 1.09 bits per heavy atom. The van der Waals surface area contributed by atoms with Crippen molar-refractivity contribution in [3.8, 4) is 0 Å². The first-order valence-electron chi connectivity index (χ1n) is 9.25. The minimum Gasteiger partial charge on any atom is -0.378 e. The normalized spacial score (nSPS) is 32.5. The van der Waals surface area contributed by atoms with Crippen molar-refractivity contribution < 1.29 is 14.2 Å². The molecule has 3 heterocycles. The Bertz CT molecular complexity index is 379. The molecule has 0 aromatic rings. The molecule has 0 aliphatic carbocycles. The third kappa shape index (κ3) is 4.81. The van der Waals surface area contributed by atoms with Crippen molar-refractivity contribution in [1.29, 1.82) is 0 Å². The van der Waals surface area contributed by atoms with Crippen LogP contribution in [-0.2, 0) is 14.2 Å². The molecule has 0 aromatic carbocycles. The van der Waals surface area contributed by atoms with Gasteiger partial charge in [-0.05, 0) is 39.0 Å². The first-order chi connectivity index (χ1) is 11.4. The van der Waals surface area contributed by atoms with Gasteiger partial charge in [0.1, 0.15) is 6.10 Å². The summed E-state index contributed by atoms with van der Waals surface area (Å²) in [5.74, 6) is 1.01. The molecule has 23 heavy (non-hydrogen) atoms. The molecular formula is C17H31N3O3. The Balaban J connectivity index is 1.52. The number of nitrogens with one attached hydrogen (secondary N) is 1. The summed E-state index contributed by atoms with van der Waals surface area (Å²) in [4.78, 5) is 7.14. The van der Waals surface area contributed by atoms with Gasteiger partial charge in [0.15, 0.2) is 5.96 Å². The van der Waals surface area contributed by atoms with Gasteiger partial charge in [0.2, 0.25) is 0 Å². The molecule has 3 atom stereocenters. The summed E-state index contributed by atoms with van der Waals surface area (Å²) < 4.78 is 17.4. The topological polar surface area (TPSA) is 55.3 Å². The molecule has 0 amide bonds. The molecule has 0 spiro atoms. The Hall–Kier alpha value is -0.850. The molecule has 6 nitrogen and oxygen atoms in total. The Morgan fingerprint density at radius 2 is 1.91 bits per heavy atom. The highest BCUT2D eigenvalue weighted by atomic mass is 16.5. The maximum absolute atomic E-state index is 5.94. The number of nitrogens with zero attached hydrogens (tertiary/aromatic N) is 2. The van der Waals surface area contributed by atoms with E-state index < -0.39 is 0 Å². The first kappa shape index (κ1) is 17.0. The molecule has 0 saturated carbocycles. The van der Waals surface area contributed by atoms with Gasteiger partial charge in [-0.2, -0.15) is 0 Å². The number of hydrogen-bond donors (Lipinski definition) is 1. The van der Waals surface area contributed by atoms with Gasteiger partial charge < -0.3 is 24.4 Å². The first-order valence-corrected chi connectivity index (χ1v) is 9.25. The molecular weight excluding hydrogens is 294 g/mol.